The van der Waals surface area contributed by atoms with E-state index in [1.807, 2.05) is 0 Å². The molecule has 1 aromatic heterocycles. The van der Waals surface area contributed by atoms with Crippen molar-refractivity contribution >= 4 is 16.9 Å². The smallest absolute Gasteiger partial charge is 0.191 e. The predicted octanol–water partition coefficient (Wildman–Crippen LogP) is 3.61. The maximum atomic E-state index is 6.13. The molecule has 5 nitrogen and oxygen atoms in total. The molecule has 5 rings (SSSR count). The second kappa shape index (κ2) is 7.43. The molecule has 0 radical (unpaired) electrons. The molecule has 1 aliphatic heterocycles. The zero-order chi connectivity index (χ0) is 19.0. The van der Waals surface area contributed by atoms with Gasteiger partial charge in [-0.1, -0.05) is 31.0 Å². The molecule has 3 aliphatic rings. The van der Waals surface area contributed by atoms with Crippen molar-refractivity contribution in [2.45, 2.75) is 57.6 Å². The van der Waals surface area contributed by atoms with Gasteiger partial charge in [0.15, 0.2) is 5.96 Å². The highest BCUT2D eigenvalue weighted by molar-refractivity contribution is 5.83. The minimum Gasteiger partial charge on any atom is -0.377 e. The van der Waals surface area contributed by atoms with Crippen LogP contribution in [-0.2, 0) is 11.2 Å². The largest absolute Gasteiger partial charge is 0.377 e. The van der Waals surface area contributed by atoms with Gasteiger partial charge in [-0.05, 0) is 44.2 Å². The number of nitrogens with one attached hydrogen (secondary N) is 3. The van der Waals surface area contributed by atoms with Gasteiger partial charge in [0.25, 0.3) is 0 Å². The van der Waals surface area contributed by atoms with Crippen LogP contribution in [0.25, 0.3) is 10.9 Å². The lowest BCUT2D eigenvalue weighted by molar-refractivity contribution is -0.125. The quantitative estimate of drug-likeness (QED) is 0.548. The summed E-state index contributed by atoms with van der Waals surface area (Å²) < 4.78 is 6.13. The standard InChI is InChI=1S/C23H32N4O/c1-2-24-22(25-13-9-16-15-26-19-8-4-3-7-17(16)19)27-20-18-10-14-28-21(18)23(20)11-5-6-12-23/h3-4,7-8,15,18,20-21,26H,2,5-6,9-14H2,1H3,(H2,24,25,27). The fraction of sp³-hybridized carbons (Fsp3) is 0.609. The average molecular weight is 381 g/mol. The maximum Gasteiger partial charge on any atom is 0.191 e. The summed E-state index contributed by atoms with van der Waals surface area (Å²) in [6.45, 7) is 4.76. The van der Waals surface area contributed by atoms with Crippen molar-refractivity contribution in [3.05, 3.63) is 36.0 Å². The molecule has 2 saturated carbocycles. The summed E-state index contributed by atoms with van der Waals surface area (Å²) >= 11 is 0. The molecular weight excluding hydrogens is 348 g/mol. The summed E-state index contributed by atoms with van der Waals surface area (Å²) in [6, 6.07) is 9.02. The van der Waals surface area contributed by atoms with Crippen LogP contribution < -0.4 is 10.6 Å². The van der Waals surface area contributed by atoms with Gasteiger partial charge in [-0.15, -0.1) is 0 Å². The summed E-state index contributed by atoms with van der Waals surface area (Å²) in [5.74, 6) is 1.64. The zero-order valence-corrected chi connectivity index (χ0v) is 16.8. The highest BCUT2D eigenvalue weighted by Gasteiger charge is 2.65. The van der Waals surface area contributed by atoms with Crippen LogP contribution in [0, 0.1) is 11.3 Å². The van der Waals surface area contributed by atoms with Crippen molar-refractivity contribution < 1.29 is 4.74 Å². The summed E-state index contributed by atoms with van der Waals surface area (Å²) in [7, 11) is 0. The predicted molar refractivity (Wildman–Crippen MR) is 114 cm³/mol. The second-order valence-corrected chi connectivity index (χ2v) is 8.68. The molecule has 5 heteroatoms. The number of aliphatic imine (C=N–C) groups is 1. The lowest BCUT2D eigenvalue weighted by Gasteiger charge is -2.57. The molecule has 0 amide bonds. The Morgan fingerprint density at radius 2 is 2.14 bits per heavy atom. The number of hydrogen-bond acceptors (Lipinski definition) is 2. The molecule has 2 heterocycles. The van der Waals surface area contributed by atoms with E-state index in [9.17, 15) is 0 Å². The fourth-order valence-electron chi connectivity index (χ4n) is 6.00. The van der Waals surface area contributed by atoms with Crippen LogP contribution in [0.3, 0.4) is 0 Å². The number of rotatable bonds is 5. The molecule has 150 valence electrons. The normalized spacial score (nSPS) is 28.5. The Bertz CT molecular complexity index is 851. The molecular formula is C23H32N4O. The molecule has 0 bridgehead atoms. The first-order valence-electron chi connectivity index (χ1n) is 11.0. The van der Waals surface area contributed by atoms with E-state index in [1.54, 1.807) is 0 Å². The topological polar surface area (TPSA) is 61.4 Å². The Hall–Kier alpha value is -2.01. The molecule has 3 fully saturated rings. The van der Waals surface area contributed by atoms with Crippen molar-refractivity contribution in [2.24, 2.45) is 16.3 Å². The van der Waals surface area contributed by atoms with E-state index in [-0.39, 0.29) is 0 Å². The molecule has 2 aliphatic carbocycles. The van der Waals surface area contributed by atoms with Crippen molar-refractivity contribution in [3.8, 4) is 0 Å². The third-order valence-electron chi connectivity index (χ3n) is 7.25. The van der Waals surface area contributed by atoms with Gasteiger partial charge in [0.1, 0.15) is 0 Å². The minimum atomic E-state index is 0.355. The number of guanidine groups is 1. The Morgan fingerprint density at radius 3 is 3.00 bits per heavy atom. The number of fused-ring (bicyclic) bond motifs is 3. The summed E-state index contributed by atoms with van der Waals surface area (Å²) in [6.07, 6.45) is 10.1. The van der Waals surface area contributed by atoms with Gasteiger partial charge >= 0.3 is 0 Å². The van der Waals surface area contributed by atoms with Crippen LogP contribution in [0.2, 0.25) is 0 Å². The number of ether oxygens (including phenoxy) is 1. The highest BCUT2D eigenvalue weighted by Crippen LogP contribution is 2.60. The van der Waals surface area contributed by atoms with E-state index in [1.165, 1.54) is 48.6 Å². The maximum absolute atomic E-state index is 6.13. The van der Waals surface area contributed by atoms with Crippen molar-refractivity contribution in [1.29, 1.82) is 0 Å². The Balaban J connectivity index is 1.28. The van der Waals surface area contributed by atoms with Gasteiger partial charge in [-0.3, -0.25) is 4.99 Å². The van der Waals surface area contributed by atoms with Crippen LogP contribution in [0.5, 0.6) is 0 Å². The molecule has 28 heavy (non-hydrogen) atoms. The summed E-state index contributed by atoms with van der Waals surface area (Å²) in [5, 5.41) is 8.61. The van der Waals surface area contributed by atoms with Crippen LogP contribution in [0.1, 0.15) is 44.6 Å². The van der Waals surface area contributed by atoms with Crippen LogP contribution in [-0.4, -0.2) is 42.8 Å². The molecule has 3 N–H and O–H groups in total. The van der Waals surface area contributed by atoms with E-state index in [0.29, 0.717) is 23.5 Å². The summed E-state index contributed by atoms with van der Waals surface area (Å²) in [4.78, 5) is 8.29. The lowest BCUT2D eigenvalue weighted by atomic mass is 9.54. The molecule has 3 atom stereocenters. The first-order chi connectivity index (χ1) is 13.8. The van der Waals surface area contributed by atoms with E-state index in [0.717, 1.165) is 32.1 Å². The van der Waals surface area contributed by atoms with Gasteiger partial charge in [-0.25, -0.2) is 0 Å². The third-order valence-corrected chi connectivity index (χ3v) is 7.25. The number of H-pyrrole nitrogens is 1. The van der Waals surface area contributed by atoms with Crippen molar-refractivity contribution in [1.82, 2.24) is 15.6 Å². The number of nitrogens with zero attached hydrogens (tertiary/aromatic N) is 1. The Morgan fingerprint density at radius 1 is 1.29 bits per heavy atom. The van der Waals surface area contributed by atoms with E-state index in [2.05, 4.69) is 53.0 Å². The fourth-order valence-corrected chi connectivity index (χ4v) is 6.00. The van der Waals surface area contributed by atoms with E-state index >= 15 is 0 Å². The van der Waals surface area contributed by atoms with Crippen LogP contribution in [0.15, 0.2) is 35.5 Å². The number of aromatic nitrogens is 1. The highest BCUT2D eigenvalue weighted by atomic mass is 16.5. The number of benzene rings is 1. The van der Waals surface area contributed by atoms with Gasteiger partial charge < -0.3 is 20.4 Å². The molecule has 2 aromatic rings. The van der Waals surface area contributed by atoms with Crippen molar-refractivity contribution in [2.75, 3.05) is 19.7 Å². The molecule has 3 unspecified atom stereocenters. The van der Waals surface area contributed by atoms with E-state index in [4.69, 9.17) is 9.73 Å². The van der Waals surface area contributed by atoms with Gasteiger partial charge in [0.2, 0.25) is 0 Å². The first-order valence-corrected chi connectivity index (χ1v) is 11.0. The number of aromatic amines is 1. The van der Waals surface area contributed by atoms with Crippen LogP contribution in [0.4, 0.5) is 0 Å². The Kier molecular flexibility index (Phi) is 4.79. The van der Waals surface area contributed by atoms with E-state index < -0.39 is 0 Å². The van der Waals surface area contributed by atoms with Crippen LogP contribution >= 0.6 is 0 Å². The summed E-state index contributed by atoms with van der Waals surface area (Å²) in [5.41, 5.74) is 2.90. The monoisotopic (exact) mass is 380 g/mol. The SMILES string of the molecule is CCNC(=NCCc1c[nH]c2ccccc12)NC1C2CCOC2C12CCCC2. The van der Waals surface area contributed by atoms with Gasteiger partial charge in [-0.2, -0.15) is 0 Å². The first kappa shape index (κ1) is 18.0. The van der Waals surface area contributed by atoms with Crippen molar-refractivity contribution in [3.63, 3.8) is 0 Å². The molecule has 1 spiro atoms. The molecule has 1 saturated heterocycles. The van der Waals surface area contributed by atoms with Gasteiger partial charge in [0.05, 0.1) is 6.10 Å². The zero-order valence-electron chi connectivity index (χ0n) is 16.8. The molecule has 1 aromatic carbocycles. The average Bonchev–Trinajstić information content (AvgIpc) is 3.45. The second-order valence-electron chi connectivity index (χ2n) is 8.68. The Labute approximate surface area is 167 Å². The lowest BCUT2D eigenvalue weighted by Crippen LogP contribution is -2.69. The minimum absolute atomic E-state index is 0.355. The van der Waals surface area contributed by atoms with Gasteiger partial charge in [0, 0.05) is 54.2 Å². The third kappa shape index (κ3) is 2.91. The number of para-hydroxylation sites is 1. The number of hydrogen-bond donors (Lipinski definition) is 3.